The molecule has 0 spiro atoms. The lowest BCUT2D eigenvalue weighted by Gasteiger charge is -2.29. The fourth-order valence-electron chi connectivity index (χ4n) is 4.85. The summed E-state index contributed by atoms with van der Waals surface area (Å²) in [6.45, 7) is 3.11. The monoisotopic (exact) mass is 510 g/mol. The number of ether oxygens (including phenoxy) is 1. The zero-order valence-electron chi connectivity index (χ0n) is 20.7. The molecule has 0 aliphatic carbocycles. The van der Waals surface area contributed by atoms with Crippen LogP contribution in [0.2, 0.25) is 0 Å². The third kappa shape index (κ3) is 4.88. The Labute approximate surface area is 219 Å². The molecule has 2 aliphatic rings. The molecule has 2 aromatic heterocycles. The summed E-state index contributed by atoms with van der Waals surface area (Å²) < 4.78 is 22.4. The second-order valence-corrected chi connectivity index (χ2v) is 9.28. The lowest BCUT2D eigenvalue weighted by Crippen LogP contribution is -2.36. The predicted molar refractivity (Wildman–Crippen MR) is 145 cm³/mol. The van der Waals surface area contributed by atoms with Crippen molar-refractivity contribution >= 4 is 29.6 Å². The topological polar surface area (TPSA) is 84.3 Å². The molecule has 0 radical (unpaired) electrons. The fourth-order valence-corrected chi connectivity index (χ4v) is 4.85. The lowest BCUT2D eigenvalue weighted by molar-refractivity contribution is -0.109. The van der Waals surface area contributed by atoms with Gasteiger partial charge in [-0.1, -0.05) is 30.3 Å². The van der Waals surface area contributed by atoms with Crippen LogP contribution in [0.25, 0.3) is 17.3 Å². The molecule has 2 aromatic carbocycles. The van der Waals surface area contributed by atoms with Gasteiger partial charge in [-0.15, -0.1) is 0 Å². The van der Waals surface area contributed by atoms with Crippen LogP contribution in [0.4, 0.5) is 21.6 Å². The van der Waals surface area contributed by atoms with E-state index in [-0.39, 0.29) is 5.82 Å². The maximum Gasteiger partial charge on any atom is 0.148 e. The molecule has 2 N–H and O–H groups in total. The molecule has 1 atom stereocenters. The van der Waals surface area contributed by atoms with E-state index in [4.69, 9.17) is 9.72 Å². The molecule has 4 aromatic rings. The molecule has 1 fully saturated rings. The predicted octanol–water partition coefficient (Wildman–Crippen LogP) is 4.53. The number of nitrogens with one attached hydrogen (secondary N) is 2. The molecular weight excluding hydrogens is 483 g/mol. The first-order valence-corrected chi connectivity index (χ1v) is 12.6. The average molecular weight is 511 g/mol. The minimum Gasteiger partial charge on any atom is -0.378 e. The number of morpholine rings is 1. The summed E-state index contributed by atoms with van der Waals surface area (Å²) >= 11 is 0. The molecule has 0 bridgehead atoms. The highest BCUT2D eigenvalue weighted by molar-refractivity contribution is 5.80. The molecule has 38 heavy (non-hydrogen) atoms. The molecule has 1 saturated heterocycles. The van der Waals surface area contributed by atoms with Crippen LogP contribution in [-0.4, -0.2) is 47.4 Å². The number of hydrogen-bond acceptors (Lipinski definition) is 7. The molecule has 6 rings (SSSR count). The van der Waals surface area contributed by atoms with Gasteiger partial charge in [0, 0.05) is 36.1 Å². The Balaban J connectivity index is 1.33. The summed E-state index contributed by atoms with van der Waals surface area (Å²) in [5.41, 5.74) is 5.35. The summed E-state index contributed by atoms with van der Waals surface area (Å²) in [4.78, 5) is 18.7. The van der Waals surface area contributed by atoms with Gasteiger partial charge in [0.15, 0.2) is 0 Å². The number of halogens is 1. The van der Waals surface area contributed by atoms with E-state index < -0.39 is 6.04 Å². The van der Waals surface area contributed by atoms with Gasteiger partial charge in [0.05, 0.1) is 37.3 Å². The van der Waals surface area contributed by atoms with Crippen molar-refractivity contribution in [1.82, 2.24) is 20.1 Å². The Morgan fingerprint density at radius 3 is 2.76 bits per heavy atom. The van der Waals surface area contributed by atoms with E-state index >= 15 is 4.39 Å². The summed E-state index contributed by atoms with van der Waals surface area (Å²) in [7, 11) is 0. The van der Waals surface area contributed by atoms with E-state index in [1.54, 1.807) is 18.5 Å². The van der Waals surface area contributed by atoms with Gasteiger partial charge in [-0.2, -0.15) is 5.10 Å². The standard InChI is InChI=1S/C29H27FN6O2/c30-24-15-23(6-7-27(24)35-10-12-38-13-11-35)33-29-28-21(8-9-31-26(28)19-37)14-25(34-29)22-16-32-36(18-22)17-20-4-2-1-3-5-20/h1-9,14-16,18-19,26,31H,10-13,17H2,(H,33,34). The first-order chi connectivity index (χ1) is 18.7. The van der Waals surface area contributed by atoms with Gasteiger partial charge in [0.25, 0.3) is 0 Å². The van der Waals surface area contributed by atoms with Gasteiger partial charge >= 0.3 is 0 Å². The Morgan fingerprint density at radius 1 is 1.13 bits per heavy atom. The number of carbonyl (C=O) groups is 1. The average Bonchev–Trinajstić information content (AvgIpc) is 3.42. The van der Waals surface area contributed by atoms with E-state index in [0.29, 0.717) is 61.3 Å². The SMILES string of the molecule is O=CC1NC=Cc2cc(-c3cnn(Cc4ccccc4)c3)nc(Nc3ccc(N4CCOCC4)c(F)c3)c21. The van der Waals surface area contributed by atoms with Gasteiger partial charge in [-0.05, 0) is 47.7 Å². The van der Waals surface area contributed by atoms with Crippen molar-refractivity contribution < 1.29 is 13.9 Å². The molecule has 0 saturated carbocycles. The zero-order valence-corrected chi connectivity index (χ0v) is 20.7. The van der Waals surface area contributed by atoms with Gasteiger partial charge < -0.3 is 25.1 Å². The highest BCUT2D eigenvalue weighted by Gasteiger charge is 2.24. The van der Waals surface area contributed by atoms with Gasteiger partial charge in [-0.3, -0.25) is 4.68 Å². The number of nitrogens with zero attached hydrogens (tertiary/aromatic N) is 4. The quantitative estimate of drug-likeness (QED) is 0.354. The third-order valence-corrected chi connectivity index (χ3v) is 6.75. The summed E-state index contributed by atoms with van der Waals surface area (Å²) in [6, 6.07) is 16.5. The lowest BCUT2D eigenvalue weighted by atomic mass is 9.97. The van der Waals surface area contributed by atoms with Crippen molar-refractivity contribution in [3.05, 3.63) is 95.7 Å². The largest absolute Gasteiger partial charge is 0.378 e. The number of benzene rings is 2. The number of aldehydes is 1. The van der Waals surface area contributed by atoms with E-state index in [0.717, 1.165) is 23.0 Å². The van der Waals surface area contributed by atoms with Gasteiger partial charge in [0.2, 0.25) is 0 Å². The molecule has 8 nitrogen and oxygen atoms in total. The van der Waals surface area contributed by atoms with Crippen molar-refractivity contribution in [2.24, 2.45) is 0 Å². The van der Waals surface area contributed by atoms with Crippen LogP contribution >= 0.6 is 0 Å². The molecule has 2 aliphatic heterocycles. The fraction of sp³-hybridized carbons (Fsp3) is 0.207. The Hall–Kier alpha value is -4.50. The number of pyridine rings is 1. The van der Waals surface area contributed by atoms with Crippen LogP contribution < -0.4 is 15.5 Å². The summed E-state index contributed by atoms with van der Waals surface area (Å²) in [5.74, 6) is 0.162. The number of aromatic nitrogens is 3. The van der Waals surface area contributed by atoms with Crippen molar-refractivity contribution in [3.8, 4) is 11.3 Å². The number of carbonyl (C=O) groups excluding carboxylic acids is 1. The third-order valence-electron chi connectivity index (χ3n) is 6.75. The van der Waals surface area contributed by atoms with E-state index in [9.17, 15) is 4.79 Å². The first-order valence-electron chi connectivity index (χ1n) is 12.6. The number of anilines is 3. The van der Waals surface area contributed by atoms with Gasteiger partial charge in [-0.25, -0.2) is 9.37 Å². The summed E-state index contributed by atoms with van der Waals surface area (Å²) in [5, 5.41) is 10.9. The zero-order chi connectivity index (χ0) is 25.9. The Morgan fingerprint density at radius 2 is 1.97 bits per heavy atom. The van der Waals surface area contributed by atoms with Crippen molar-refractivity contribution in [2.75, 3.05) is 36.5 Å². The normalized spacial score (nSPS) is 16.6. The van der Waals surface area contributed by atoms with Crippen LogP contribution in [0.1, 0.15) is 22.7 Å². The first kappa shape index (κ1) is 23.9. The Kier molecular flexibility index (Phi) is 6.58. The number of rotatable bonds is 7. The van der Waals surface area contributed by atoms with Crippen LogP contribution in [0.3, 0.4) is 0 Å². The Bertz CT molecular complexity index is 1480. The maximum absolute atomic E-state index is 15.1. The van der Waals surface area contributed by atoms with Crippen LogP contribution in [0, 0.1) is 5.82 Å². The van der Waals surface area contributed by atoms with E-state index in [2.05, 4.69) is 27.9 Å². The second kappa shape index (κ2) is 10.5. The van der Waals surface area contributed by atoms with Gasteiger partial charge in [0.1, 0.15) is 24.0 Å². The van der Waals surface area contributed by atoms with Crippen LogP contribution in [0.5, 0.6) is 0 Å². The minimum absolute atomic E-state index is 0.325. The summed E-state index contributed by atoms with van der Waals surface area (Å²) in [6.07, 6.45) is 8.23. The van der Waals surface area contributed by atoms with Crippen molar-refractivity contribution in [1.29, 1.82) is 0 Å². The maximum atomic E-state index is 15.1. The molecule has 1 unspecified atom stereocenters. The second-order valence-electron chi connectivity index (χ2n) is 9.28. The smallest absolute Gasteiger partial charge is 0.148 e. The molecule has 4 heterocycles. The van der Waals surface area contributed by atoms with Crippen molar-refractivity contribution in [2.45, 2.75) is 12.6 Å². The highest BCUT2D eigenvalue weighted by atomic mass is 19.1. The van der Waals surface area contributed by atoms with E-state index in [1.165, 1.54) is 6.07 Å². The van der Waals surface area contributed by atoms with Crippen LogP contribution in [-0.2, 0) is 16.1 Å². The van der Waals surface area contributed by atoms with E-state index in [1.807, 2.05) is 52.2 Å². The molecular formula is C29H27FN6O2. The van der Waals surface area contributed by atoms with Crippen molar-refractivity contribution in [3.63, 3.8) is 0 Å². The molecule has 0 amide bonds. The number of hydrogen-bond donors (Lipinski definition) is 2. The minimum atomic E-state index is -0.572. The van der Waals surface area contributed by atoms with Crippen LogP contribution in [0.15, 0.2) is 73.2 Å². The molecule has 192 valence electrons. The molecule has 9 heteroatoms. The number of fused-ring (bicyclic) bond motifs is 1. The highest BCUT2D eigenvalue weighted by Crippen LogP contribution is 2.35.